The molecule has 11 nitrogen and oxygen atoms in total. The number of sulfone groups is 1. The van der Waals surface area contributed by atoms with E-state index in [9.17, 15) is 26.4 Å². The fraction of sp³-hybridized carbons (Fsp3) is 0.346. The molecule has 4 aromatic rings. The van der Waals surface area contributed by atoms with Gasteiger partial charge in [-0.2, -0.15) is 18.2 Å². The molecule has 0 spiro atoms. The number of fused-ring (bicyclic) bond motifs is 1. The summed E-state index contributed by atoms with van der Waals surface area (Å²) in [5.41, 5.74) is 4.51. The molecule has 3 heterocycles. The summed E-state index contributed by atoms with van der Waals surface area (Å²) in [4.78, 5) is 17.5. The first-order valence-corrected chi connectivity index (χ1v) is 14.5. The first-order valence-electron chi connectivity index (χ1n) is 12.6. The van der Waals surface area contributed by atoms with Crippen LogP contribution in [0.4, 0.5) is 32.0 Å². The molecular formula is C26H22F6N6O5S. The van der Waals surface area contributed by atoms with Crippen molar-refractivity contribution in [3.05, 3.63) is 65.1 Å². The topological polar surface area (TPSA) is 158 Å². The highest BCUT2D eigenvalue weighted by Gasteiger charge is 2.45. The number of hydrogen-bond donors (Lipinski definition) is 1. The summed E-state index contributed by atoms with van der Waals surface area (Å²) in [6.07, 6.45) is -5.04. The van der Waals surface area contributed by atoms with E-state index in [-0.39, 0.29) is 23.8 Å². The molecule has 0 aliphatic carbocycles. The van der Waals surface area contributed by atoms with Crippen molar-refractivity contribution >= 4 is 21.4 Å². The van der Waals surface area contributed by atoms with Crippen LogP contribution in [-0.4, -0.2) is 47.0 Å². The van der Waals surface area contributed by atoms with Gasteiger partial charge in [-0.05, 0) is 31.5 Å². The summed E-state index contributed by atoms with van der Waals surface area (Å²) in [5.74, 6) is -8.69. The van der Waals surface area contributed by atoms with Crippen LogP contribution in [0.1, 0.15) is 43.2 Å². The molecule has 2 aromatic carbocycles. The van der Waals surface area contributed by atoms with Gasteiger partial charge in [0.25, 0.3) is 11.8 Å². The fourth-order valence-corrected chi connectivity index (χ4v) is 4.73. The van der Waals surface area contributed by atoms with Crippen molar-refractivity contribution in [3.8, 4) is 22.8 Å². The third-order valence-corrected chi connectivity index (χ3v) is 9.18. The van der Waals surface area contributed by atoms with E-state index in [1.807, 2.05) is 0 Å². The second-order valence-corrected chi connectivity index (χ2v) is 13.2. The normalized spacial score (nSPS) is 17.5. The molecule has 44 heavy (non-hydrogen) atoms. The van der Waals surface area contributed by atoms with Gasteiger partial charge in [0.05, 0.1) is 23.8 Å². The second kappa shape index (κ2) is 10.4. The van der Waals surface area contributed by atoms with E-state index in [0.717, 1.165) is 17.2 Å². The Labute approximate surface area is 245 Å². The maximum Gasteiger partial charge on any atom is 0.471 e. The lowest BCUT2D eigenvalue weighted by Gasteiger charge is -2.25. The fourth-order valence-electron chi connectivity index (χ4n) is 4.33. The van der Waals surface area contributed by atoms with Gasteiger partial charge in [0.2, 0.25) is 17.6 Å². The Morgan fingerprint density at radius 3 is 2.34 bits per heavy atom. The van der Waals surface area contributed by atoms with Gasteiger partial charge >= 0.3 is 12.1 Å². The van der Waals surface area contributed by atoms with E-state index in [1.165, 1.54) is 38.1 Å². The predicted molar refractivity (Wildman–Crippen MR) is 140 cm³/mol. The number of halogens is 6. The van der Waals surface area contributed by atoms with Crippen LogP contribution < -0.4 is 10.6 Å². The van der Waals surface area contributed by atoms with E-state index >= 15 is 13.2 Å². The molecule has 0 saturated carbocycles. The summed E-state index contributed by atoms with van der Waals surface area (Å²) in [6.45, 7) is 2.21. The molecule has 18 heteroatoms. The molecule has 2 aromatic heterocycles. The van der Waals surface area contributed by atoms with Crippen molar-refractivity contribution in [1.82, 2.24) is 20.3 Å². The molecule has 1 amide bonds. The van der Waals surface area contributed by atoms with E-state index in [4.69, 9.17) is 10.2 Å². The summed E-state index contributed by atoms with van der Waals surface area (Å²) < 4.78 is 117. The SMILES string of the molecule is CC(C)(c1nnc(-c2cc3c(cc2F)C(F)(F)C[C@@H](N)C(=O)N3Cc2ccc(-c3noc(C(F)(F)F)n3)cc2)o1)S(C)(=O)=O. The third-order valence-electron chi connectivity index (χ3n) is 7.15. The Hall–Kier alpha value is -4.32. The predicted octanol–water partition coefficient (Wildman–Crippen LogP) is 4.58. The number of nitrogens with two attached hydrogens (primary N) is 1. The number of aromatic nitrogens is 4. The van der Waals surface area contributed by atoms with E-state index in [1.54, 1.807) is 0 Å². The van der Waals surface area contributed by atoms with Gasteiger partial charge in [0, 0.05) is 23.8 Å². The van der Waals surface area contributed by atoms with Crippen LogP contribution in [0.15, 0.2) is 45.3 Å². The number of carbonyl (C=O) groups excluding carboxylic acids is 1. The van der Waals surface area contributed by atoms with Crippen LogP contribution in [0.25, 0.3) is 22.8 Å². The molecule has 1 atom stereocenters. The molecule has 0 radical (unpaired) electrons. The highest BCUT2D eigenvalue weighted by Crippen LogP contribution is 2.45. The van der Waals surface area contributed by atoms with Crippen LogP contribution in [0, 0.1) is 5.82 Å². The Morgan fingerprint density at radius 2 is 1.75 bits per heavy atom. The summed E-state index contributed by atoms with van der Waals surface area (Å²) >= 11 is 0. The van der Waals surface area contributed by atoms with Crippen molar-refractivity contribution < 1.29 is 48.5 Å². The maximum absolute atomic E-state index is 15.3. The number of hydrogen-bond acceptors (Lipinski definition) is 10. The van der Waals surface area contributed by atoms with Crippen molar-refractivity contribution in [3.63, 3.8) is 0 Å². The van der Waals surface area contributed by atoms with E-state index < -0.39 is 79.5 Å². The van der Waals surface area contributed by atoms with Crippen molar-refractivity contribution in [2.45, 2.75) is 49.7 Å². The van der Waals surface area contributed by atoms with Crippen molar-refractivity contribution in [2.24, 2.45) is 5.73 Å². The first-order chi connectivity index (χ1) is 20.3. The molecule has 234 valence electrons. The summed E-state index contributed by atoms with van der Waals surface area (Å²) in [6, 6.07) is 5.19. The largest absolute Gasteiger partial charge is 0.471 e. The number of amides is 1. The minimum Gasteiger partial charge on any atom is -0.419 e. The van der Waals surface area contributed by atoms with E-state index in [2.05, 4.69) is 24.9 Å². The molecule has 0 saturated heterocycles. The van der Waals surface area contributed by atoms with Crippen LogP contribution in [-0.2, 0) is 38.0 Å². The van der Waals surface area contributed by atoms with Crippen molar-refractivity contribution in [1.29, 1.82) is 0 Å². The highest BCUT2D eigenvalue weighted by atomic mass is 32.2. The van der Waals surface area contributed by atoms with Gasteiger partial charge in [-0.15, -0.1) is 10.2 Å². The smallest absolute Gasteiger partial charge is 0.419 e. The standard InChI is InChI=1S/C26H22F6N6O5S/c1-24(2,44(3,40)41)22-36-35-20(42-22)14-8-18-15(9-16(14)27)25(28,29)10-17(33)21(39)38(18)11-12-4-6-13(7-5-12)19-34-23(43-37-19)26(30,31)32/h4-9,17H,10-11,33H2,1-3H3/t17-/m1/s1. The monoisotopic (exact) mass is 644 g/mol. The van der Waals surface area contributed by atoms with Crippen LogP contribution in [0.5, 0.6) is 0 Å². The summed E-state index contributed by atoms with van der Waals surface area (Å²) in [7, 11) is -3.77. The highest BCUT2D eigenvalue weighted by molar-refractivity contribution is 7.91. The Kier molecular flexibility index (Phi) is 7.35. The average Bonchev–Trinajstić information content (AvgIpc) is 3.61. The molecule has 2 N–H and O–H groups in total. The minimum absolute atomic E-state index is 0.132. The van der Waals surface area contributed by atoms with Gasteiger partial charge < -0.3 is 19.6 Å². The van der Waals surface area contributed by atoms with Gasteiger partial charge in [0.1, 0.15) is 10.6 Å². The molecule has 1 aliphatic heterocycles. The second-order valence-electron chi connectivity index (χ2n) is 10.6. The molecule has 0 fully saturated rings. The van der Waals surface area contributed by atoms with Gasteiger partial charge in [-0.1, -0.05) is 29.4 Å². The molecular weight excluding hydrogens is 622 g/mol. The molecule has 5 rings (SSSR count). The number of carbonyl (C=O) groups is 1. The Morgan fingerprint density at radius 1 is 1.09 bits per heavy atom. The lowest BCUT2D eigenvalue weighted by atomic mass is 9.99. The van der Waals surface area contributed by atoms with Crippen molar-refractivity contribution in [2.75, 3.05) is 11.2 Å². The lowest BCUT2D eigenvalue weighted by molar-refractivity contribution is -0.159. The number of anilines is 1. The quantitative estimate of drug-likeness (QED) is 0.295. The number of nitrogens with zero attached hydrogens (tertiary/aromatic N) is 5. The number of alkyl halides is 5. The molecule has 0 unspecified atom stereocenters. The zero-order valence-corrected chi connectivity index (χ0v) is 23.8. The molecule has 0 bridgehead atoms. The maximum atomic E-state index is 15.3. The first kappa shape index (κ1) is 31.1. The van der Waals surface area contributed by atoms with Gasteiger partial charge in [-0.25, -0.2) is 21.6 Å². The summed E-state index contributed by atoms with van der Waals surface area (Å²) in [5, 5.41) is 10.7. The van der Waals surface area contributed by atoms with Crippen LogP contribution >= 0.6 is 0 Å². The lowest BCUT2D eigenvalue weighted by Crippen LogP contribution is -2.43. The number of benzene rings is 2. The Balaban J connectivity index is 1.55. The Bertz CT molecular complexity index is 1850. The van der Waals surface area contributed by atoms with Gasteiger partial charge in [-0.3, -0.25) is 4.79 Å². The van der Waals surface area contributed by atoms with Crippen LogP contribution in [0.2, 0.25) is 0 Å². The average molecular weight is 645 g/mol. The zero-order chi connectivity index (χ0) is 32.4. The number of rotatable bonds is 6. The third kappa shape index (κ3) is 5.54. The molecule has 1 aliphatic rings. The van der Waals surface area contributed by atoms with E-state index in [0.29, 0.717) is 11.6 Å². The van der Waals surface area contributed by atoms with Crippen LogP contribution in [0.3, 0.4) is 0 Å². The van der Waals surface area contributed by atoms with Gasteiger partial charge in [0.15, 0.2) is 9.84 Å². The zero-order valence-electron chi connectivity index (χ0n) is 23.0. The minimum atomic E-state index is -4.85.